The molecular weight excluding hydrogens is 255 g/mol. The molecule has 0 amide bonds. The van der Waals surface area contributed by atoms with E-state index in [1.807, 2.05) is 0 Å². The third-order valence-corrected chi connectivity index (χ3v) is 4.36. The molecule has 6 heteroatoms. The Balaban J connectivity index is 2.49. The summed E-state index contributed by atoms with van der Waals surface area (Å²) >= 11 is 0. The van der Waals surface area contributed by atoms with Crippen LogP contribution in [0.2, 0.25) is 0 Å². The molecule has 1 aliphatic rings. The van der Waals surface area contributed by atoms with Crippen molar-refractivity contribution in [3.8, 4) is 5.75 Å². The fourth-order valence-corrected chi connectivity index (χ4v) is 3.30. The first-order valence-corrected chi connectivity index (χ1v) is 6.99. The lowest BCUT2D eigenvalue weighted by atomic mass is 10.2. The molecule has 18 heavy (non-hydrogen) atoms. The van der Waals surface area contributed by atoms with Crippen LogP contribution in [-0.4, -0.2) is 19.7 Å². The smallest absolute Gasteiger partial charge is 0.379 e. The minimum absolute atomic E-state index is 0.0782. The molecule has 1 heterocycles. The van der Waals surface area contributed by atoms with Gasteiger partial charge in [-0.15, -0.1) is 0 Å². The van der Waals surface area contributed by atoms with Gasteiger partial charge in [0.05, 0.1) is 13.7 Å². The molecule has 0 bridgehead atoms. The van der Waals surface area contributed by atoms with Gasteiger partial charge in [0.15, 0.2) is 5.75 Å². The topological polar surface area (TPSA) is 67.8 Å². The number of carbonyl (C=O) groups excluding carboxylic acids is 1. The van der Waals surface area contributed by atoms with Crippen molar-refractivity contribution < 1.29 is 23.5 Å². The lowest BCUT2D eigenvalue weighted by molar-refractivity contribution is -0.207. The summed E-state index contributed by atoms with van der Waals surface area (Å²) in [7, 11) is -2.42. The number of fused-ring (bicyclic) bond motifs is 1. The molecule has 0 saturated heterocycles. The maximum absolute atomic E-state index is 12.5. The molecule has 1 atom stereocenters. The molecule has 0 saturated carbocycles. The summed E-state index contributed by atoms with van der Waals surface area (Å²) in [4.78, 5) is 24.2. The molecule has 96 valence electrons. The fraction of sp³-hybridized carbons (Fsp3) is 0.250. The molecule has 0 spiro atoms. The van der Waals surface area contributed by atoms with Crippen LogP contribution < -0.4 is 9.42 Å². The molecule has 1 unspecified atom stereocenters. The summed E-state index contributed by atoms with van der Waals surface area (Å²) in [5, 5.41) is -0.0782. The second kappa shape index (κ2) is 5.06. The van der Waals surface area contributed by atoms with Crippen molar-refractivity contribution in [2.75, 3.05) is 13.7 Å². The minimum Gasteiger partial charge on any atom is -0.620 e. The number of hydrogen-bond acceptors (Lipinski definition) is 5. The monoisotopic (exact) mass is 268 g/mol. The van der Waals surface area contributed by atoms with E-state index in [2.05, 4.69) is 4.74 Å². The molecule has 5 nitrogen and oxygen atoms in total. The highest BCUT2D eigenvalue weighted by molar-refractivity contribution is 7.65. The maximum Gasteiger partial charge on any atom is 0.379 e. The van der Waals surface area contributed by atoms with Crippen molar-refractivity contribution in [1.82, 2.24) is 0 Å². The van der Waals surface area contributed by atoms with E-state index < -0.39 is 13.9 Å². The molecule has 0 aliphatic carbocycles. The molecule has 1 aliphatic heterocycles. The van der Waals surface area contributed by atoms with E-state index in [9.17, 15) is 9.69 Å². The zero-order chi connectivity index (χ0) is 13.2. The number of esters is 1. The molecule has 0 N–H and O–H groups in total. The van der Waals surface area contributed by atoms with Crippen LogP contribution in [0.4, 0.5) is 0 Å². The third-order valence-electron chi connectivity index (χ3n) is 2.42. The van der Waals surface area contributed by atoms with Gasteiger partial charge in [0.2, 0.25) is 5.31 Å². The Hall–Kier alpha value is -1.42. The summed E-state index contributed by atoms with van der Waals surface area (Å²) in [6, 6.07) is 6.98. The van der Waals surface area contributed by atoms with E-state index in [1.54, 1.807) is 31.2 Å². The van der Waals surface area contributed by atoms with Gasteiger partial charge in [0.25, 0.3) is 0 Å². The molecule has 0 radical (unpaired) electrons. The quantitative estimate of drug-likeness (QED) is 0.617. The Labute approximate surface area is 106 Å². The summed E-state index contributed by atoms with van der Waals surface area (Å²) < 4.78 is 15.1. The number of carbonyl (C=O) groups is 1. The molecule has 0 fully saturated rings. The summed E-state index contributed by atoms with van der Waals surface area (Å²) in [5.41, 5.74) is 0.670. The van der Waals surface area contributed by atoms with Crippen LogP contribution >= 0.6 is 7.94 Å². The summed E-state index contributed by atoms with van der Waals surface area (Å²) in [5.74, 6) is -0.275. The first-order valence-electron chi connectivity index (χ1n) is 5.44. The number of methoxy groups -OCH3 is 1. The van der Waals surface area contributed by atoms with Gasteiger partial charge in [-0.2, -0.15) is 4.52 Å². The standard InChI is InChI=1S/C12H13O5P/c1-3-16-18(14)11(12(13)15-2)8-9-6-4-5-7-10(9)17-18/h4-8H,3H2,1-2H3. The molecule has 1 aromatic rings. The highest BCUT2D eigenvalue weighted by Gasteiger charge is 2.46. The normalized spacial score (nSPS) is 21.6. The maximum atomic E-state index is 12.5. The van der Waals surface area contributed by atoms with Gasteiger partial charge < -0.3 is 14.2 Å². The van der Waals surface area contributed by atoms with Gasteiger partial charge in [0.1, 0.15) is 0 Å². The Kier molecular flexibility index (Phi) is 3.66. The van der Waals surface area contributed by atoms with E-state index in [1.165, 1.54) is 13.2 Å². The van der Waals surface area contributed by atoms with E-state index in [4.69, 9.17) is 9.05 Å². The predicted octanol–water partition coefficient (Wildman–Crippen LogP) is 1.75. The molecular formula is C12H13O5P. The van der Waals surface area contributed by atoms with E-state index in [-0.39, 0.29) is 11.9 Å². The van der Waals surface area contributed by atoms with Crippen molar-refractivity contribution in [2.45, 2.75) is 6.92 Å². The van der Waals surface area contributed by atoms with Gasteiger partial charge in [-0.05, 0) is 13.0 Å². The van der Waals surface area contributed by atoms with Crippen LogP contribution in [0.25, 0.3) is 6.08 Å². The Morgan fingerprint density at radius 3 is 2.83 bits per heavy atom. The van der Waals surface area contributed by atoms with Crippen molar-refractivity contribution in [2.24, 2.45) is 0 Å². The average molecular weight is 268 g/mol. The largest absolute Gasteiger partial charge is 0.620 e. The second-order valence-corrected chi connectivity index (χ2v) is 5.48. The predicted molar refractivity (Wildman–Crippen MR) is 65.6 cm³/mol. The van der Waals surface area contributed by atoms with Crippen LogP contribution in [0.15, 0.2) is 29.6 Å². The van der Waals surface area contributed by atoms with E-state index in [0.717, 1.165) is 0 Å². The van der Waals surface area contributed by atoms with Crippen LogP contribution in [0, 0.1) is 0 Å². The number of ether oxygens (including phenoxy) is 1. The van der Waals surface area contributed by atoms with Gasteiger partial charge in [-0.3, -0.25) is 0 Å². The van der Waals surface area contributed by atoms with Crippen LogP contribution in [0.5, 0.6) is 5.75 Å². The molecule has 0 aromatic heterocycles. The highest BCUT2D eigenvalue weighted by atomic mass is 31.2. The minimum atomic E-state index is -3.64. The Morgan fingerprint density at radius 2 is 2.17 bits per heavy atom. The zero-order valence-corrected chi connectivity index (χ0v) is 11.0. The third kappa shape index (κ3) is 2.25. The van der Waals surface area contributed by atoms with Crippen LogP contribution in [0.1, 0.15) is 12.5 Å². The van der Waals surface area contributed by atoms with Crippen LogP contribution in [-0.2, 0) is 14.1 Å². The van der Waals surface area contributed by atoms with Gasteiger partial charge in [-0.25, -0.2) is 4.79 Å². The number of hydrogen-bond donors (Lipinski definition) is 0. The van der Waals surface area contributed by atoms with Crippen LogP contribution in [0.3, 0.4) is 0 Å². The Morgan fingerprint density at radius 1 is 1.44 bits per heavy atom. The van der Waals surface area contributed by atoms with Gasteiger partial charge in [0, 0.05) is 11.6 Å². The van der Waals surface area contributed by atoms with Crippen molar-refractivity contribution >= 4 is 20.0 Å². The zero-order valence-electron chi connectivity index (χ0n) is 10.1. The summed E-state index contributed by atoms with van der Waals surface area (Å²) in [6.45, 7) is 1.85. The molecule has 2 rings (SSSR count). The van der Waals surface area contributed by atoms with Crippen molar-refractivity contribution in [3.63, 3.8) is 0 Å². The first kappa shape index (κ1) is 13.0. The number of para-hydroxylation sites is 1. The SMILES string of the molecule is CCO[P+]1([O-])Oc2ccccc2C=C1C(=O)OC. The van der Waals surface area contributed by atoms with Crippen molar-refractivity contribution in [3.05, 3.63) is 35.1 Å². The first-order chi connectivity index (χ1) is 8.60. The number of rotatable bonds is 3. The average Bonchev–Trinajstić information content (AvgIpc) is 2.37. The van der Waals surface area contributed by atoms with E-state index >= 15 is 0 Å². The second-order valence-electron chi connectivity index (χ2n) is 3.57. The fourth-order valence-electron chi connectivity index (χ4n) is 1.63. The lowest BCUT2D eigenvalue weighted by Gasteiger charge is -2.30. The number of benzene rings is 1. The summed E-state index contributed by atoms with van der Waals surface area (Å²) in [6.07, 6.45) is 1.49. The molecule has 1 aromatic carbocycles. The Bertz CT molecular complexity index is 499. The van der Waals surface area contributed by atoms with Gasteiger partial charge in [-0.1, -0.05) is 18.2 Å². The lowest BCUT2D eigenvalue weighted by Crippen LogP contribution is -2.26. The van der Waals surface area contributed by atoms with Crippen molar-refractivity contribution in [1.29, 1.82) is 0 Å². The van der Waals surface area contributed by atoms with E-state index in [0.29, 0.717) is 11.3 Å². The highest BCUT2D eigenvalue weighted by Crippen LogP contribution is 2.63. The van der Waals surface area contributed by atoms with Gasteiger partial charge >= 0.3 is 13.9 Å².